The molecule has 3 saturated heterocycles. The van der Waals surface area contributed by atoms with Crippen LogP contribution in [-0.2, 0) is 66.7 Å². The zero-order valence-corrected chi connectivity index (χ0v) is 53.8. The Morgan fingerprint density at radius 3 is 1.12 bits per heavy atom. The Labute approximate surface area is 527 Å². The summed E-state index contributed by atoms with van der Waals surface area (Å²) in [6.07, 6.45) is 2.05. The summed E-state index contributed by atoms with van der Waals surface area (Å²) in [7, 11) is 0. The molecule has 0 saturated carbocycles. The predicted octanol–water partition coefficient (Wildman–Crippen LogP) is 2.60. The van der Waals surface area contributed by atoms with Gasteiger partial charge in [0.25, 0.3) is 0 Å². The van der Waals surface area contributed by atoms with Gasteiger partial charge in [-0.3, -0.25) is 28.8 Å². The van der Waals surface area contributed by atoms with Gasteiger partial charge < -0.3 is 94.5 Å². The summed E-state index contributed by atoms with van der Waals surface area (Å²) in [6.45, 7) is 8.25. The van der Waals surface area contributed by atoms with Crippen molar-refractivity contribution < 1.29 is 113 Å². The first-order chi connectivity index (χ1) is 42.6. The van der Waals surface area contributed by atoms with Crippen LogP contribution in [0.4, 0.5) is 0 Å². The lowest BCUT2D eigenvalue weighted by molar-refractivity contribution is -0.282. The summed E-state index contributed by atoms with van der Waals surface area (Å²) >= 11 is 0. The van der Waals surface area contributed by atoms with E-state index in [1.165, 1.54) is 0 Å². The van der Waals surface area contributed by atoms with E-state index in [4.69, 9.17) is 37.9 Å². The highest BCUT2D eigenvalue weighted by Gasteiger charge is 2.44. The number of amides is 2. The molecule has 0 aliphatic carbocycles. The molecule has 89 heavy (non-hydrogen) atoms. The van der Waals surface area contributed by atoms with Crippen LogP contribution in [0.1, 0.15) is 188 Å². The molecule has 2 amide bonds. The molecule has 15 atom stereocenters. The Balaban J connectivity index is 1.29. The smallest absolute Gasteiger partial charge is 0.222 e. The van der Waals surface area contributed by atoms with Crippen molar-refractivity contribution in [2.45, 2.75) is 262 Å². The maximum absolute atomic E-state index is 12.8. The maximum Gasteiger partial charge on any atom is 0.222 e. The van der Waals surface area contributed by atoms with E-state index in [1.54, 1.807) is 13.8 Å². The second-order valence-corrected chi connectivity index (χ2v) is 25.2. The van der Waals surface area contributed by atoms with E-state index in [9.17, 15) is 74.7 Å². The molecule has 25 heteroatoms. The van der Waals surface area contributed by atoms with Gasteiger partial charge in [0.1, 0.15) is 59.8 Å². The Morgan fingerprint density at radius 1 is 0.371 bits per heavy atom. The van der Waals surface area contributed by atoms with Gasteiger partial charge in [0.2, 0.25) is 11.8 Å². The molecule has 11 N–H and O–H groups in total. The quantitative estimate of drug-likeness (QED) is 0.0390. The summed E-state index contributed by atoms with van der Waals surface area (Å²) in [5.74, 6) is -1.18. The second-order valence-electron chi connectivity index (χ2n) is 25.2. The molecule has 3 heterocycles. The van der Waals surface area contributed by atoms with E-state index >= 15 is 0 Å². The normalized spacial score (nSPS) is 27.9. The van der Waals surface area contributed by atoms with Gasteiger partial charge in [0, 0.05) is 114 Å². The van der Waals surface area contributed by atoms with Crippen LogP contribution in [-0.4, -0.2) is 240 Å². The third-order valence-corrected chi connectivity index (χ3v) is 17.1. The van der Waals surface area contributed by atoms with Crippen molar-refractivity contribution in [2.24, 2.45) is 23.2 Å². The van der Waals surface area contributed by atoms with E-state index in [2.05, 4.69) is 10.6 Å². The van der Waals surface area contributed by atoms with E-state index in [0.717, 1.165) is 25.7 Å². The second kappa shape index (κ2) is 46.1. The fourth-order valence-corrected chi connectivity index (χ4v) is 11.0. The summed E-state index contributed by atoms with van der Waals surface area (Å²) < 4.78 is 46.3. The Bertz CT molecular complexity index is 1750. The molecule has 0 aromatic rings. The number of hydrogen-bond acceptors (Lipinski definition) is 23. The van der Waals surface area contributed by atoms with E-state index < -0.39 is 98.0 Å². The average molecular weight is 1280 g/mol. The fraction of sp³-hybridized carbons (Fsp3) is 0.906. The molecule has 3 rings (SSSR count). The van der Waals surface area contributed by atoms with Gasteiger partial charge in [-0.1, -0.05) is 53.4 Å². The summed E-state index contributed by atoms with van der Waals surface area (Å²) in [6, 6.07) is 0. The number of hydrogen-bond donors (Lipinski definition) is 11. The molecule has 3 aliphatic rings. The molecule has 0 aromatic heterocycles. The van der Waals surface area contributed by atoms with Crippen molar-refractivity contribution in [3.63, 3.8) is 0 Å². The van der Waals surface area contributed by atoms with Crippen LogP contribution in [0.3, 0.4) is 0 Å². The number of aliphatic hydroxyl groups excluding tert-OH is 9. The molecule has 0 aromatic carbocycles. The fourth-order valence-electron chi connectivity index (χ4n) is 11.0. The lowest BCUT2D eigenvalue weighted by atomic mass is 9.86. The number of unbranched alkanes of at least 4 members (excludes halogenated alkanes) is 8. The molecular formula is C64H114N2O23. The minimum absolute atomic E-state index is 0.0447. The molecule has 25 nitrogen and oxygen atoms in total. The predicted molar refractivity (Wildman–Crippen MR) is 325 cm³/mol. The van der Waals surface area contributed by atoms with E-state index in [-0.39, 0.29) is 112 Å². The standard InChI is InChI=1S/C64H114N2O23/c1-43-50(87-51(37-67)59(79)56(43)76)25-12-7-13-26-54(74)65-30-18-31-66-55(75)29-36-84-42-64(4,40-82-34-27-48(72)21-10-5-8-19-46(70)23-14-16-32-85-62-44(2)57(77)60(80)52(38-68)88-62)41-83-35-28-49(73)22-11-6-9-20-47(71)24-15-17-33-86-63-45(3)58(78)61(81)53(39-69)89-63/h43-45,50-53,56-63,67-69,76-81H,5-42H2,1-4H3,(H,65,74)(H,66,75). The molecule has 15 unspecified atom stereocenters. The number of nitrogens with one attached hydrogen (secondary N) is 2. The summed E-state index contributed by atoms with van der Waals surface area (Å²) in [4.78, 5) is 75.6. The highest BCUT2D eigenvalue weighted by Crippen LogP contribution is 2.31. The minimum Gasteiger partial charge on any atom is -0.394 e. The molecular weight excluding hydrogens is 1160 g/mol. The number of aliphatic hydroxyl groups is 9. The summed E-state index contributed by atoms with van der Waals surface area (Å²) in [5.41, 5.74) is -0.680. The third kappa shape index (κ3) is 32.1. The Kier molecular flexibility index (Phi) is 41.5. The molecule has 3 fully saturated rings. The van der Waals surface area contributed by atoms with Crippen molar-refractivity contribution >= 4 is 34.9 Å². The van der Waals surface area contributed by atoms with Crippen LogP contribution in [0.2, 0.25) is 0 Å². The van der Waals surface area contributed by atoms with Crippen LogP contribution >= 0.6 is 0 Å². The monoisotopic (exact) mass is 1280 g/mol. The number of rotatable bonds is 52. The number of Topliss-reactive ketones (excluding diaryl/α,β-unsaturated/α-hetero) is 4. The SMILES string of the molecule is CC1C(CCCCCC(=O)NCCCNC(=O)CCOCC(C)(COCCC(=O)CCCCCC(=O)CCCCOC2OC(CO)C(O)C(O)C2C)COCCC(=O)CCCCCC(=O)CCCCOC2OC(CO)C(O)C(O)C2C)OC(CO)C(O)C1O. The number of ketones is 4. The van der Waals surface area contributed by atoms with Crippen LogP contribution in [0.5, 0.6) is 0 Å². The Hall–Kier alpha value is -3.06. The van der Waals surface area contributed by atoms with Gasteiger partial charge >= 0.3 is 0 Å². The number of ether oxygens (including phenoxy) is 8. The lowest BCUT2D eigenvalue weighted by Gasteiger charge is -2.41. The Morgan fingerprint density at radius 2 is 0.708 bits per heavy atom. The number of carbonyl (C=O) groups is 6. The van der Waals surface area contributed by atoms with Gasteiger partial charge in [0.15, 0.2) is 12.6 Å². The first-order valence-corrected chi connectivity index (χ1v) is 33.1. The van der Waals surface area contributed by atoms with Crippen LogP contribution in [0, 0.1) is 23.2 Å². The van der Waals surface area contributed by atoms with Crippen molar-refractivity contribution in [2.75, 3.05) is 85.8 Å². The first kappa shape index (κ1) is 80.2. The molecule has 0 bridgehead atoms. The highest BCUT2D eigenvalue weighted by molar-refractivity contribution is 5.80. The van der Waals surface area contributed by atoms with Crippen molar-refractivity contribution in [3.05, 3.63) is 0 Å². The first-order valence-electron chi connectivity index (χ1n) is 33.1. The maximum atomic E-state index is 12.8. The summed E-state index contributed by atoms with van der Waals surface area (Å²) in [5, 5.41) is 94.9. The van der Waals surface area contributed by atoms with E-state index in [1.807, 2.05) is 13.8 Å². The topological polar surface area (TPSA) is 382 Å². The molecule has 518 valence electrons. The zero-order valence-electron chi connectivity index (χ0n) is 53.8. The van der Waals surface area contributed by atoms with Gasteiger partial charge in [-0.05, 0) is 70.6 Å². The van der Waals surface area contributed by atoms with Crippen molar-refractivity contribution in [1.82, 2.24) is 10.6 Å². The van der Waals surface area contributed by atoms with Gasteiger partial charge in [-0.15, -0.1) is 0 Å². The van der Waals surface area contributed by atoms with E-state index in [0.29, 0.717) is 142 Å². The third-order valence-electron chi connectivity index (χ3n) is 17.1. The minimum atomic E-state index is -1.19. The van der Waals surface area contributed by atoms with Gasteiger partial charge in [0.05, 0.1) is 83.9 Å². The molecule has 3 aliphatic heterocycles. The molecule has 0 spiro atoms. The zero-order chi connectivity index (χ0) is 65.6. The lowest BCUT2D eigenvalue weighted by Crippen LogP contribution is -2.55. The van der Waals surface area contributed by atoms with Gasteiger partial charge in [-0.2, -0.15) is 0 Å². The highest BCUT2D eigenvalue weighted by atomic mass is 16.7. The van der Waals surface area contributed by atoms with Crippen LogP contribution in [0.25, 0.3) is 0 Å². The van der Waals surface area contributed by atoms with Gasteiger partial charge in [-0.25, -0.2) is 0 Å². The molecule has 0 radical (unpaired) electrons. The van der Waals surface area contributed by atoms with Crippen molar-refractivity contribution in [1.29, 1.82) is 0 Å². The largest absolute Gasteiger partial charge is 0.394 e. The number of carbonyl (C=O) groups excluding carboxylic acids is 6. The van der Waals surface area contributed by atoms with Crippen LogP contribution < -0.4 is 10.6 Å². The van der Waals surface area contributed by atoms with Crippen molar-refractivity contribution in [3.8, 4) is 0 Å². The average Bonchev–Trinajstić information content (AvgIpc) is 3.38. The van der Waals surface area contributed by atoms with Crippen LogP contribution in [0.15, 0.2) is 0 Å².